The van der Waals surface area contributed by atoms with Crippen LogP contribution in [0.2, 0.25) is 0 Å². The SMILES string of the molecule is CCOCCCNC(=S)NC(CC)c1ccccc1. The zero-order valence-electron chi connectivity index (χ0n) is 11.8. The molecule has 0 bridgehead atoms. The largest absolute Gasteiger partial charge is 0.382 e. The van der Waals surface area contributed by atoms with Crippen LogP contribution in [0.1, 0.15) is 38.3 Å². The van der Waals surface area contributed by atoms with E-state index in [1.807, 2.05) is 13.0 Å². The minimum absolute atomic E-state index is 0.271. The number of thiocarbonyl (C=S) groups is 1. The number of ether oxygens (including phenoxy) is 1. The maximum Gasteiger partial charge on any atom is 0.166 e. The summed E-state index contributed by atoms with van der Waals surface area (Å²) < 4.78 is 5.28. The molecule has 3 nitrogen and oxygen atoms in total. The summed E-state index contributed by atoms with van der Waals surface area (Å²) in [5.74, 6) is 0. The number of hydrogen-bond donors (Lipinski definition) is 2. The second-order valence-corrected chi connectivity index (χ2v) is 4.73. The van der Waals surface area contributed by atoms with Crippen molar-refractivity contribution in [2.45, 2.75) is 32.7 Å². The molecule has 2 N–H and O–H groups in total. The number of benzene rings is 1. The van der Waals surface area contributed by atoms with Gasteiger partial charge in [-0.05, 0) is 37.5 Å². The van der Waals surface area contributed by atoms with Crippen LogP contribution in [-0.4, -0.2) is 24.9 Å². The van der Waals surface area contributed by atoms with Crippen LogP contribution in [0.25, 0.3) is 0 Å². The Morgan fingerprint density at radius 3 is 2.63 bits per heavy atom. The quantitative estimate of drug-likeness (QED) is 0.566. The van der Waals surface area contributed by atoms with Gasteiger partial charge in [-0.15, -0.1) is 0 Å². The van der Waals surface area contributed by atoms with Gasteiger partial charge in [0.15, 0.2) is 5.11 Å². The lowest BCUT2D eigenvalue weighted by atomic mass is 10.1. The van der Waals surface area contributed by atoms with Crippen molar-refractivity contribution in [1.82, 2.24) is 10.6 Å². The molecular formula is C15H24N2OS. The summed E-state index contributed by atoms with van der Waals surface area (Å²) in [6, 6.07) is 10.7. The van der Waals surface area contributed by atoms with Crippen LogP contribution in [-0.2, 0) is 4.74 Å². The highest BCUT2D eigenvalue weighted by Crippen LogP contribution is 2.15. The van der Waals surface area contributed by atoms with Gasteiger partial charge in [-0.3, -0.25) is 0 Å². The minimum atomic E-state index is 0.271. The highest BCUT2D eigenvalue weighted by Gasteiger charge is 2.09. The predicted molar refractivity (Wildman–Crippen MR) is 84.3 cm³/mol. The van der Waals surface area contributed by atoms with E-state index in [1.165, 1.54) is 5.56 Å². The van der Waals surface area contributed by atoms with Crippen LogP contribution in [0, 0.1) is 0 Å². The van der Waals surface area contributed by atoms with Crippen molar-refractivity contribution in [2.24, 2.45) is 0 Å². The highest BCUT2D eigenvalue weighted by molar-refractivity contribution is 7.80. The van der Waals surface area contributed by atoms with Gasteiger partial charge in [0.2, 0.25) is 0 Å². The van der Waals surface area contributed by atoms with E-state index in [4.69, 9.17) is 17.0 Å². The molecule has 0 amide bonds. The fraction of sp³-hybridized carbons (Fsp3) is 0.533. The Labute approximate surface area is 121 Å². The molecule has 0 saturated carbocycles. The van der Waals surface area contributed by atoms with Gasteiger partial charge in [-0.25, -0.2) is 0 Å². The van der Waals surface area contributed by atoms with E-state index in [2.05, 4.69) is 41.8 Å². The van der Waals surface area contributed by atoms with Gasteiger partial charge in [0.25, 0.3) is 0 Å². The lowest BCUT2D eigenvalue weighted by Crippen LogP contribution is -2.38. The molecule has 0 aromatic heterocycles. The van der Waals surface area contributed by atoms with Crippen molar-refractivity contribution in [1.29, 1.82) is 0 Å². The fourth-order valence-electron chi connectivity index (χ4n) is 1.84. The van der Waals surface area contributed by atoms with Crippen LogP contribution in [0.4, 0.5) is 0 Å². The topological polar surface area (TPSA) is 33.3 Å². The summed E-state index contributed by atoms with van der Waals surface area (Å²) in [4.78, 5) is 0. The maximum atomic E-state index is 5.31. The van der Waals surface area contributed by atoms with E-state index in [0.717, 1.165) is 32.6 Å². The minimum Gasteiger partial charge on any atom is -0.382 e. The Kier molecular flexibility index (Phi) is 8.18. The second kappa shape index (κ2) is 9.75. The van der Waals surface area contributed by atoms with Gasteiger partial charge in [0.05, 0.1) is 6.04 Å². The molecule has 1 aromatic carbocycles. The third-order valence-electron chi connectivity index (χ3n) is 2.87. The Balaban J connectivity index is 2.30. The van der Waals surface area contributed by atoms with Crippen LogP contribution >= 0.6 is 12.2 Å². The van der Waals surface area contributed by atoms with Crippen molar-refractivity contribution < 1.29 is 4.74 Å². The summed E-state index contributed by atoms with van der Waals surface area (Å²) in [6.07, 6.45) is 1.97. The van der Waals surface area contributed by atoms with Crippen molar-refractivity contribution >= 4 is 17.3 Å². The van der Waals surface area contributed by atoms with Gasteiger partial charge in [-0.1, -0.05) is 37.3 Å². The maximum absolute atomic E-state index is 5.31. The zero-order chi connectivity index (χ0) is 13.9. The Bertz CT molecular complexity index is 356. The summed E-state index contributed by atoms with van der Waals surface area (Å²) in [7, 11) is 0. The Morgan fingerprint density at radius 2 is 2.00 bits per heavy atom. The standard InChI is InChI=1S/C15H24N2OS/c1-3-14(13-9-6-5-7-10-13)17-15(19)16-11-8-12-18-4-2/h5-7,9-10,14H,3-4,8,11-12H2,1-2H3,(H2,16,17,19). The first kappa shape index (κ1) is 15.9. The van der Waals surface area contributed by atoms with Crippen molar-refractivity contribution in [3.63, 3.8) is 0 Å². The lowest BCUT2D eigenvalue weighted by Gasteiger charge is -2.20. The molecule has 0 aliphatic carbocycles. The summed E-state index contributed by atoms with van der Waals surface area (Å²) in [5.41, 5.74) is 1.27. The zero-order valence-corrected chi connectivity index (χ0v) is 12.6. The van der Waals surface area contributed by atoms with Crippen LogP contribution < -0.4 is 10.6 Å². The molecule has 0 fully saturated rings. The van der Waals surface area contributed by atoms with Gasteiger partial charge >= 0.3 is 0 Å². The molecule has 0 aliphatic rings. The van der Waals surface area contributed by atoms with Crippen LogP contribution in [0.15, 0.2) is 30.3 Å². The van der Waals surface area contributed by atoms with Gasteiger partial charge in [0.1, 0.15) is 0 Å². The van der Waals surface area contributed by atoms with E-state index >= 15 is 0 Å². The molecule has 0 heterocycles. The van der Waals surface area contributed by atoms with Crippen molar-refractivity contribution in [3.05, 3.63) is 35.9 Å². The van der Waals surface area contributed by atoms with Gasteiger partial charge in [0, 0.05) is 19.8 Å². The van der Waals surface area contributed by atoms with Crippen molar-refractivity contribution in [3.8, 4) is 0 Å². The van der Waals surface area contributed by atoms with Gasteiger partial charge in [-0.2, -0.15) is 0 Å². The first-order chi connectivity index (χ1) is 9.27. The predicted octanol–water partition coefficient (Wildman–Crippen LogP) is 3.03. The Morgan fingerprint density at radius 1 is 1.26 bits per heavy atom. The monoisotopic (exact) mass is 280 g/mol. The lowest BCUT2D eigenvalue weighted by molar-refractivity contribution is 0.145. The molecule has 106 valence electrons. The van der Waals surface area contributed by atoms with Gasteiger partial charge < -0.3 is 15.4 Å². The fourth-order valence-corrected chi connectivity index (χ4v) is 2.08. The number of rotatable bonds is 8. The Hall–Kier alpha value is -1.13. The van der Waals surface area contributed by atoms with E-state index in [-0.39, 0.29) is 6.04 Å². The average Bonchev–Trinajstić information content (AvgIpc) is 2.45. The first-order valence-electron chi connectivity index (χ1n) is 6.95. The van der Waals surface area contributed by atoms with Crippen LogP contribution in [0.5, 0.6) is 0 Å². The number of hydrogen-bond acceptors (Lipinski definition) is 2. The summed E-state index contributed by atoms with van der Waals surface area (Å²) in [5, 5.41) is 7.28. The summed E-state index contributed by atoms with van der Waals surface area (Å²) >= 11 is 5.31. The molecule has 0 spiro atoms. The molecule has 1 unspecified atom stereocenters. The van der Waals surface area contributed by atoms with Crippen molar-refractivity contribution in [2.75, 3.05) is 19.8 Å². The third kappa shape index (κ3) is 6.55. The van der Waals surface area contributed by atoms with E-state index in [0.29, 0.717) is 5.11 Å². The molecule has 1 atom stereocenters. The summed E-state index contributed by atoms with van der Waals surface area (Å²) in [6.45, 7) is 6.56. The number of nitrogens with one attached hydrogen (secondary N) is 2. The van der Waals surface area contributed by atoms with Crippen LogP contribution in [0.3, 0.4) is 0 Å². The first-order valence-corrected chi connectivity index (χ1v) is 7.35. The normalized spacial score (nSPS) is 11.9. The average molecular weight is 280 g/mol. The van der Waals surface area contributed by atoms with E-state index in [1.54, 1.807) is 0 Å². The highest BCUT2D eigenvalue weighted by atomic mass is 32.1. The molecular weight excluding hydrogens is 256 g/mol. The molecule has 0 radical (unpaired) electrons. The third-order valence-corrected chi connectivity index (χ3v) is 3.13. The molecule has 1 rings (SSSR count). The molecule has 0 saturated heterocycles. The molecule has 0 aliphatic heterocycles. The second-order valence-electron chi connectivity index (χ2n) is 4.32. The van der Waals surface area contributed by atoms with E-state index < -0.39 is 0 Å². The molecule has 1 aromatic rings. The smallest absolute Gasteiger partial charge is 0.166 e. The molecule has 19 heavy (non-hydrogen) atoms. The van der Waals surface area contributed by atoms with E-state index in [9.17, 15) is 0 Å². The molecule has 4 heteroatoms.